The monoisotopic (exact) mass is 491 g/mol. The number of carbonyl (C=O) groups is 1. The topological polar surface area (TPSA) is 54.3 Å². The molecule has 9 heteroatoms. The number of carbonyl (C=O) groups excluding carboxylic acids is 1. The Kier molecular flexibility index (Phi) is 5.24. The maximum Gasteiger partial charge on any atom is 0.242 e. The minimum atomic E-state index is -0.319. The third kappa shape index (κ3) is 3.76. The standard InChI is InChI=1S/C24H28Cl2FN5O/c25-20-8-19(27)2-1-18(20)13-30-3-5-31(6-4-30)21(33)23-9-16-7-17(10-23)12-24(11-16,14-23)32-15-28-22(26)29-32/h1-2,8,15-17H,3-7,9-14H2. The molecule has 0 radical (unpaired) electrons. The van der Waals surface area contributed by atoms with E-state index in [1.165, 1.54) is 18.6 Å². The molecule has 1 aliphatic heterocycles. The summed E-state index contributed by atoms with van der Waals surface area (Å²) < 4.78 is 15.3. The van der Waals surface area contributed by atoms with Crippen LogP contribution >= 0.6 is 23.2 Å². The Labute approximate surface area is 203 Å². The van der Waals surface area contributed by atoms with Crippen LogP contribution in [0.1, 0.15) is 44.1 Å². The zero-order chi connectivity index (χ0) is 22.8. The van der Waals surface area contributed by atoms with E-state index in [-0.39, 0.29) is 22.1 Å². The van der Waals surface area contributed by atoms with E-state index in [9.17, 15) is 9.18 Å². The summed E-state index contributed by atoms with van der Waals surface area (Å²) in [5.74, 6) is 1.15. The Morgan fingerprint density at radius 2 is 1.82 bits per heavy atom. The lowest BCUT2D eigenvalue weighted by Gasteiger charge is -2.61. The predicted octanol–water partition coefficient (Wildman–Crippen LogP) is 4.36. The smallest absolute Gasteiger partial charge is 0.242 e. The van der Waals surface area contributed by atoms with E-state index in [0.29, 0.717) is 29.3 Å². The van der Waals surface area contributed by atoms with Gasteiger partial charge in [0, 0.05) is 37.7 Å². The molecule has 6 nitrogen and oxygen atoms in total. The van der Waals surface area contributed by atoms with Crippen molar-refractivity contribution in [1.82, 2.24) is 24.6 Å². The summed E-state index contributed by atoms with van der Waals surface area (Å²) in [7, 11) is 0. The summed E-state index contributed by atoms with van der Waals surface area (Å²) in [6.07, 6.45) is 7.97. The van der Waals surface area contributed by atoms with Crippen LogP contribution in [0, 0.1) is 23.1 Å². The molecule has 33 heavy (non-hydrogen) atoms. The molecule has 5 fully saturated rings. The fourth-order valence-electron chi connectivity index (χ4n) is 7.54. The zero-order valence-corrected chi connectivity index (χ0v) is 20.0. The molecule has 0 N–H and O–H groups in total. The van der Waals surface area contributed by atoms with Crippen molar-refractivity contribution >= 4 is 29.1 Å². The third-order valence-electron chi connectivity index (χ3n) is 8.50. The summed E-state index contributed by atoms with van der Waals surface area (Å²) >= 11 is 12.3. The normalized spacial score (nSPS) is 33.6. The van der Waals surface area contributed by atoms with Gasteiger partial charge in [0.05, 0.1) is 11.0 Å². The molecule has 4 aliphatic carbocycles. The van der Waals surface area contributed by atoms with Crippen LogP contribution in [0.2, 0.25) is 10.3 Å². The van der Waals surface area contributed by atoms with Gasteiger partial charge in [-0.15, -0.1) is 5.10 Å². The van der Waals surface area contributed by atoms with Crippen molar-refractivity contribution in [2.75, 3.05) is 26.2 Å². The lowest BCUT2D eigenvalue weighted by atomic mass is 9.46. The summed E-state index contributed by atoms with van der Waals surface area (Å²) in [5.41, 5.74) is 0.513. The molecular formula is C24H28Cl2FN5O. The molecule has 4 saturated carbocycles. The summed E-state index contributed by atoms with van der Waals surface area (Å²) in [5, 5.41) is 5.21. The van der Waals surface area contributed by atoms with Crippen LogP contribution in [0.25, 0.3) is 0 Å². The van der Waals surface area contributed by atoms with Crippen LogP contribution < -0.4 is 0 Å². The highest BCUT2D eigenvalue weighted by molar-refractivity contribution is 6.31. The average molecular weight is 492 g/mol. The van der Waals surface area contributed by atoms with E-state index >= 15 is 0 Å². The summed E-state index contributed by atoms with van der Waals surface area (Å²) in [4.78, 5) is 22.5. The van der Waals surface area contributed by atoms with Gasteiger partial charge >= 0.3 is 0 Å². The van der Waals surface area contributed by atoms with Gasteiger partial charge in [-0.2, -0.15) is 0 Å². The number of hydrogen-bond acceptors (Lipinski definition) is 4. The second-order valence-electron chi connectivity index (χ2n) is 10.7. The number of nitrogens with zero attached hydrogens (tertiary/aromatic N) is 5. The first-order chi connectivity index (χ1) is 15.8. The molecule has 2 unspecified atom stereocenters. The van der Waals surface area contributed by atoms with Gasteiger partial charge in [-0.3, -0.25) is 9.69 Å². The molecule has 2 atom stereocenters. The second-order valence-corrected chi connectivity index (χ2v) is 11.5. The molecule has 5 aliphatic rings. The number of halogens is 3. The first-order valence-electron chi connectivity index (χ1n) is 11.9. The summed E-state index contributed by atoms with van der Waals surface area (Å²) in [6, 6.07) is 4.56. The maximum atomic E-state index is 14.0. The van der Waals surface area contributed by atoms with Gasteiger partial charge in [-0.1, -0.05) is 17.7 Å². The van der Waals surface area contributed by atoms with Crippen LogP contribution in [0.15, 0.2) is 24.5 Å². The van der Waals surface area contributed by atoms with Crippen LogP contribution in [0.4, 0.5) is 4.39 Å². The largest absolute Gasteiger partial charge is 0.340 e. The van der Waals surface area contributed by atoms with Crippen molar-refractivity contribution in [1.29, 1.82) is 0 Å². The first-order valence-corrected chi connectivity index (χ1v) is 12.6. The van der Waals surface area contributed by atoms with E-state index in [1.807, 2.05) is 4.68 Å². The fraction of sp³-hybridized carbons (Fsp3) is 0.625. The lowest BCUT2D eigenvalue weighted by molar-refractivity contribution is -0.168. The van der Waals surface area contributed by atoms with E-state index in [1.54, 1.807) is 12.4 Å². The quantitative estimate of drug-likeness (QED) is 0.637. The van der Waals surface area contributed by atoms with Gasteiger partial charge in [0.25, 0.3) is 0 Å². The van der Waals surface area contributed by atoms with Crippen molar-refractivity contribution in [3.05, 3.63) is 46.2 Å². The number of hydrogen-bond donors (Lipinski definition) is 0. The Bertz CT molecular complexity index is 1070. The highest BCUT2D eigenvalue weighted by Crippen LogP contribution is 2.64. The molecule has 0 spiro atoms. The van der Waals surface area contributed by atoms with Crippen LogP contribution in [-0.2, 0) is 16.9 Å². The van der Waals surface area contributed by atoms with Gasteiger partial charge < -0.3 is 4.90 Å². The van der Waals surface area contributed by atoms with Crippen LogP contribution in [0.3, 0.4) is 0 Å². The summed E-state index contributed by atoms with van der Waals surface area (Å²) in [6.45, 7) is 3.71. The molecule has 1 amide bonds. The number of benzene rings is 1. The SMILES string of the molecule is O=C(N1CCN(Cc2ccc(F)cc2Cl)CC1)C12CC3CC(C1)CC(n1cnc(Cl)n1)(C3)C2. The van der Waals surface area contributed by atoms with Crippen molar-refractivity contribution < 1.29 is 9.18 Å². The Hall–Kier alpha value is -1.70. The number of piperazine rings is 1. The molecule has 2 heterocycles. The van der Waals surface area contributed by atoms with Crippen LogP contribution in [0.5, 0.6) is 0 Å². The van der Waals surface area contributed by atoms with Gasteiger partial charge in [-0.05, 0) is 79.7 Å². The molecule has 1 aromatic carbocycles. The van der Waals surface area contributed by atoms with E-state index in [4.69, 9.17) is 23.2 Å². The van der Waals surface area contributed by atoms with Gasteiger partial charge in [0.1, 0.15) is 12.1 Å². The second kappa shape index (κ2) is 7.92. The minimum absolute atomic E-state index is 0.124. The van der Waals surface area contributed by atoms with Crippen molar-refractivity contribution in [2.45, 2.75) is 50.6 Å². The van der Waals surface area contributed by atoms with Gasteiger partial charge in [0.2, 0.25) is 11.2 Å². The van der Waals surface area contributed by atoms with Crippen molar-refractivity contribution in [3.63, 3.8) is 0 Å². The predicted molar refractivity (Wildman–Crippen MR) is 123 cm³/mol. The first kappa shape index (κ1) is 21.8. The molecule has 1 saturated heterocycles. The van der Waals surface area contributed by atoms with E-state index in [0.717, 1.165) is 63.8 Å². The van der Waals surface area contributed by atoms with E-state index < -0.39 is 0 Å². The van der Waals surface area contributed by atoms with Crippen molar-refractivity contribution in [3.8, 4) is 0 Å². The van der Waals surface area contributed by atoms with Crippen molar-refractivity contribution in [2.24, 2.45) is 17.3 Å². The van der Waals surface area contributed by atoms with E-state index in [2.05, 4.69) is 19.9 Å². The Morgan fingerprint density at radius 3 is 2.45 bits per heavy atom. The Morgan fingerprint density at radius 1 is 1.09 bits per heavy atom. The minimum Gasteiger partial charge on any atom is -0.340 e. The average Bonchev–Trinajstić information content (AvgIpc) is 3.22. The lowest BCUT2D eigenvalue weighted by Crippen LogP contribution is -2.62. The fourth-order valence-corrected chi connectivity index (χ4v) is 7.89. The Balaban J connectivity index is 1.16. The maximum absolute atomic E-state index is 14.0. The van der Waals surface area contributed by atoms with Gasteiger partial charge in [0.15, 0.2) is 0 Å². The number of rotatable bonds is 4. The van der Waals surface area contributed by atoms with Crippen LogP contribution in [-0.4, -0.2) is 56.7 Å². The molecule has 1 aromatic heterocycles. The zero-order valence-electron chi connectivity index (χ0n) is 18.5. The molecular weight excluding hydrogens is 464 g/mol. The third-order valence-corrected chi connectivity index (χ3v) is 9.03. The highest BCUT2D eigenvalue weighted by Gasteiger charge is 2.62. The number of amides is 1. The molecule has 7 rings (SSSR count). The number of aromatic nitrogens is 3. The highest BCUT2D eigenvalue weighted by atomic mass is 35.5. The molecule has 176 valence electrons. The molecule has 4 bridgehead atoms. The molecule has 2 aromatic rings. The van der Waals surface area contributed by atoms with Gasteiger partial charge in [-0.25, -0.2) is 14.1 Å².